The number of fused-ring (bicyclic) bond motifs is 1. The normalized spacial score (nSPS) is 17.9. The molecule has 3 heterocycles. The van der Waals surface area contributed by atoms with E-state index in [2.05, 4.69) is 21.9 Å². The molecule has 4 rings (SSSR count). The van der Waals surface area contributed by atoms with E-state index in [0.29, 0.717) is 29.1 Å². The number of rotatable bonds is 6. The SMILES string of the molecule is CCCc1ccc(S(=O)(=O)N2CCC[C@H]2Cn2cnc3c(N)nc(N)nc32)cc1. The third-order valence-corrected chi connectivity index (χ3v) is 7.27. The Morgan fingerprint density at radius 1 is 1.17 bits per heavy atom. The minimum absolute atomic E-state index is 0.0693. The van der Waals surface area contributed by atoms with Crippen molar-refractivity contribution in [3.63, 3.8) is 0 Å². The summed E-state index contributed by atoms with van der Waals surface area (Å²) in [6.45, 7) is 3.03. The number of benzene rings is 1. The first-order chi connectivity index (χ1) is 13.9. The zero-order valence-electron chi connectivity index (χ0n) is 16.3. The summed E-state index contributed by atoms with van der Waals surface area (Å²) < 4.78 is 29.9. The Morgan fingerprint density at radius 2 is 1.93 bits per heavy atom. The number of aryl methyl sites for hydroxylation is 1. The van der Waals surface area contributed by atoms with E-state index in [4.69, 9.17) is 11.5 Å². The standard InChI is InChI=1S/C19H25N7O2S/c1-2-4-13-6-8-15(9-7-13)29(27,28)26-10-3-5-14(26)11-25-12-22-16-17(20)23-19(21)24-18(16)25/h6-9,12,14H,2-5,10-11H2,1H3,(H4,20,21,23,24)/t14-/m0/s1. The van der Waals surface area contributed by atoms with E-state index < -0.39 is 10.0 Å². The third kappa shape index (κ3) is 3.65. The molecule has 0 aliphatic carbocycles. The lowest BCUT2D eigenvalue weighted by atomic mass is 10.1. The monoisotopic (exact) mass is 415 g/mol. The summed E-state index contributed by atoms with van der Waals surface area (Å²) >= 11 is 0. The van der Waals surface area contributed by atoms with Crippen molar-refractivity contribution in [2.75, 3.05) is 18.0 Å². The molecule has 0 saturated carbocycles. The molecule has 0 amide bonds. The van der Waals surface area contributed by atoms with Gasteiger partial charge in [0.05, 0.1) is 11.2 Å². The van der Waals surface area contributed by atoms with Crippen molar-refractivity contribution < 1.29 is 8.42 Å². The molecule has 10 heteroatoms. The number of nitrogen functional groups attached to an aromatic ring is 2. The van der Waals surface area contributed by atoms with Gasteiger partial charge in [0.25, 0.3) is 0 Å². The molecule has 1 saturated heterocycles. The Bertz CT molecular complexity index is 1130. The van der Waals surface area contributed by atoms with Gasteiger partial charge in [-0.1, -0.05) is 25.5 Å². The first kappa shape index (κ1) is 19.6. The number of nitrogens with two attached hydrogens (primary N) is 2. The van der Waals surface area contributed by atoms with Crippen molar-refractivity contribution in [1.82, 2.24) is 23.8 Å². The Morgan fingerprint density at radius 3 is 2.66 bits per heavy atom. The van der Waals surface area contributed by atoms with Gasteiger partial charge in [-0.3, -0.25) is 0 Å². The van der Waals surface area contributed by atoms with Gasteiger partial charge in [0.2, 0.25) is 16.0 Å². The number of aromatic nitrogens is 4. The number of imidazole rings is 1. The third-order valence-electron chi connectivity index (χ3n) is 5.31. The van der Waals surface area contributed by atoms with E-state index in [9.17, 15) is 8.42 Å². The van der Waals surface area contributed by atoms with Crippen molar-refractivity contribution in [3.05, 3.63) is 36.2 Å². The minimum Gasteiger partial charge on any atom is -0.382 e. The number of sulfonamides is 1. The molecule has 1 aliphatic heterocycles. The molecule has 0 spiro atoms. The molecule has 1 fully saturated rings. The molecule has 0 unspecified atom stereocenters. The summed E-state index contributed by atoms with van der Waals surface area (Å²) in [5, 5.41) is 0. The Balaban J connectivity index is 1.61. The Hall–Kier alpha value is -2.72. The summed E-state index contributed by atoms with van der Waals surface area (Å²) in [5.41, 5.74) is 13.7. The van der Waals surface area contributed by atoms with Gasteiger partial charge >= 0.3 is 0 Å². The highest BCUT2D eigenvalue weighted by atomic mass is 32.2. The van der Waals surface area contributed by atoms with Gasteiger partial charge in [0, 0.05) is 19.1 Å². The average molecular weight is 416 g/mol. The maximum absolute atomic E-state index is 13.2. The second kappa shape index (κ2) is 7.60. The van der Waals surface area contributed by atoms with E-state index in [1.807, 2.05) is 12.1 Å². The molecule has 1 aliphatic rings. The fourth-order valence-electron chi connectivity index (χ4n) is 3.90. The first-order valence-corrected chi connectivity index (χ1v) is 11.2. The first-order valence-electron chi connectivity index (χ1n) is 9.74. The van der Waals surface area contributed by atoms with E-state index in [1.54, 1.807) is 27.3 Å². The highest BCUT2D eigenvalue weighted by Crippen LogP contribution is 2.28. The largest absolute Gasteiger partial charge is 0.382 e. The van der Waals surface area contributed by atoms with Crippen LogP contribution in [0.15, 0.2) is 35.5 Å². The van der Waals surface area contributed by atoms with E-state index in [-0.39, 0.29) is 17.8 Å². The number of nitrogens with zero attached hydrogens (tertiary/aromatic N) is 5. The van der Waals surface area contributed by atoms with E-state index in [1.165, 1.54) is 0 Å². The van der Waals surface area contributed by atoms with Crippen LogP contribution in [0.2, 0.25) is 0 Å². The molecule has 29 heavy (non-hydrogen) atoms. The van der Waals surface area contributed by atoms with Crippen molar-refractivity contribution in [3.8, 4) is 0 Å². The quantitative estimate of drug-likeness (QED) is 0.627. The number of hydrogen-bond donors (Lipinski definition) is 2. The van der Waals surface area contributed by atoms with Crippen LogP contribution in [0, 0.1) is 0 Å². The fourth-order valence-corrected chi connectivity index (χ4v) is 5.59. The van der Waals surface area contributed by atoms with E-state index >= 15 is 0 Å². The van der Waals surface area contributed by atoms with Crippen LogP contribution in [0.1, 0.15) is 31.7 Å². The predicted molar refractivity (Wildman–Crippen MR) is 111 cm³/mol. The van der Waals surface area contributed by atoms with Crippen LogP contribution in [0.25, 0.3) is 11.2 Å². The van der Waals surface area contributed by atoms with Crippen molar-refractivity contribution >= 4 is 33.0 Å². The average Bonchev–Trinajstić information content (AvgIpc) is 3.31. The molecule has 0 radical (unpaired) electrons. The smallest absolute Gasteiger partial charge is 0.243 e. The molecule has 4 N–H and O–H groups in total. The summed E-state index contributed by atoms with van der Waals surface area (Å²) in [5.74, 6) is 0.286. The summed E-state index contributed by atoms with van der Waals surface area (Å²) in [6, 6.07) is 7.01. The predicted octanol–water partition coefficient (Wildman–Crippen LogP) is 1.80. The summed E-state index contributed by atoms with van der Waals surface area (Å²) in [6.07, 6.45) is 5.15. The number of hydrogen-bond acceptors (Lipinski definition) is 7. The molecule has 9 nitrogen and oxygen atoms in total. The zero-order chi connectivity index (χ0) is 20.6. The van der Waals surface area contributed by atoms with Crippen LogP contribution in [0.5, 0.6) is 0 Å². The molecule has 154 valence electrons. The lowest BCUT2D eigenvalue weighted by molar-refractivity contribution is 0.354. The molecule has 1 aromatic carbocycles. The molecular weight excluding hydrogens is 390 g/mol. The Labute approximate surface area is 169 Å². The lowest BCUT2D eigenvalue weighted by Crippen LogP contribution is -2.38. The zero-order valence-corrected chi connectivity index (χ0v) is 17.1. The van der Waals surface area contributed by atoms with Crippen molar-refractivity contribution in [1.29, 1.82) is 0 Å². The maximum atomic E-state index is 13.2. The number of anilines is 2. The molecule has 0 bridgehead atoms. The topological polar surface area (TPSA) is 133 Å². The summed E-state index contributed by atoms with van der Waals surface area (Å²) in [7, 11) is -3.57. The van der Waals surface area contributed by atoms with Crippen molar-refractivity contribution in [2.45, 2.75) is 50.1 Å². The highest BCUT2D eigenvalue weighted by Gasteiger charge is 2.35. The van der Waals surface area contributed by atoms with Crippen molar-refractivity contribution in [2.24, 2.45) is 0 Å². The van der Waals surface area contributed by atoms with Gasteiger partial charge in [-0.25, -0.2) is 13.4 Å². The maximum Gasteiger partial charge on any atom is 0.243 e. The van der Waals surface area contributed by atoms with Crippen LogP contribution >= 0.6 is 0 Å². The minimum atomic E-state index is -3.57. The lowest BCUT2D eigenvalue weighted by Gasteiger charge is -2.24. The molecule has 2 aromatic heterocycles. The van der Waals surface area contributed by atoms with Crippen LogP contribution in [-0.2, 0) is 23.0 Å². The highest BCUT2D eigenvalue weighted by molar-refractivity contribution is 7.89. The van der Waals surface area contributed by atoms with Crippen LogP contribution in [-0.4, -0.2) is 44.8 Å². The van der Waals surface area contributed by atoms with Crippen LogP contribution in [0.3, 0.4) is 0 Å². The molecule has 1 atom stereocenters. The second-order valence-corrected chi connectivity index (χ2v) is 9.23. The van der Waals surface area contributed by atoms with Gasteiger partial charge < -0.3 is 16.0 Å². The van der Waals surface area contributed by atoms with Gasteiger partial charge in [0.1, 0.15) is 5.52 Å². The molecule has 3 aromatic rings. The fraction of sp³-hybridized carbons (Fsp3) is 0.421. The van der Waals surface area contributed by atoms with Gasteiger partial charge in [-0.2, -0.15) is 14.3 Å². The van der Waals surface area contributed by atoms with Crippen LogP contribution < -0.4 is 11.5 Å². The van der Waals surface area contributed by atoms with Crippen LogP contribution in [0.4, 0.5) is 11.8 Å². The van der Waals surface area contributed by atoms with Gasteiger partial charge in [0.15, 0.2) is 11.5 Å². The molecular formula is C19H25N7O2S. The van der Waals surface area contributed by atoms with E-state index in [0.717, 1.165) is 31.2 Å². The van der Waals surface area contributed by atoms with Gasteiger partial charge in [-0.05, 0) is 37.0 Å². The Kier molecular flexibility index (Phi) is 5.13. The summed E-state index contributed by atoms with van der Waals surface area (Å²) in [4.78, 5) is 12.7. The van der Waals surface area contributed by atoms with Gasteiger partial charge in [-0.15, -0.1) is 0 Å². The second-order valence-electron chi connectivity index (χ2n) is 7.34.